The van der Waals surface area contributed by atoms with E-state index in [1.54, 1.807) is 6.08 Å². The second-order valence-corrected chi connectivity index (χ2v) is 11.6. The van der Waals surface area contributed by atoms with Crippen molar-refractivity contribution < 1.29 is 9.53 Å². The molecular formula is C18H28O2Si. The Morgan fingerprint density at radius 2 is 1.90 bits per heavy atom. The van der Waals surface area contributed by atoms with Crippen molar-refractivity contribution in [3.8, 4) is 0 Å². The van der Waals surface area contributed by atoms with Gasteiger partial charge in [0.1, 0.15) is 0 Å². The van der Waals surface area contributed by atoms with E-state index in [-0.39, 0.29) is 11.6 Å². The number of aliphatic hydroxyl groups is 1. The summed E-state index contributed by atoms with van der Waals surface area (Å²) >= 11 is 0. The number of allylic oxidation sites excluding steroid dienone is 2. The molecule has 0 aliphatic rings. The molecule has 1 aromatic carbocycles. The van der Waals surface area contributed by atoms with Crippen LogP contribution < -0.4 is 0 Å². The third-order valence-corrected chi connectivity index (χ3v) is 8.48. The van der Waals surface area contributed by atoms with Gasteiger partial charge in [0.2, 0.25) is 0 Å². The quantitative estimate of drug-likeness (QED) is 0.606. The molecule has 0 bridgehead atoms. The van der Waals surface area contributed by atoms with Gasteiger partial charge in [-0.05, 0) is 35.3 Å². The standard InChI is InChI=1S/C18H28O2Si/c1-18(2,3)21(4,5)20-15-17-12-9-11-16(14-17)10-7-6-8-13-19/h6-12,14,19H,13,15H2,1-5H3/b8-6+,10-7+. The third-order valence-electron chi connectivity index (χ3n) is 4.00. The van der Waals surface area contributed by atoms with Gasteiger partial charge in [0.05, 0.1) is 13.2 Å². The van der Waals surface area contributed by atoms with Gasteiger partial charge in [-0.25, -0.2) is 0 Å². The van der Waals surface area contributed by atoms with Gasteiger partial charge in [0.25, 0.3) is 0 Å². The van der Waals surface area contributed by atoms with Crippen LogP contribution in [-0.2, 0) is 11.0 Å². The number of hydrogen-bond acceptors (Lipinski definition) is 2. The van der Waals surface area contributed by atoms with E-state index < -0.39 is 8.32 Å². The van der Waals surface area contributed by atoms with Crippen LogP contribution in [0.2, 0.25) is 18.1 Å². The van der Waals surface area contributed by atoms with Crippen molar-refractivity contribution in [2.75, 3.05) is 6.61 Å². The van der Waals surface area contributed by atoms with E-state index in [0.29, 0.717) is 6.61 Å². The van der Waals surface area contributed by atoms with Crippen LogP contribution >= 0.6 is 0 Å². The largest absolute Gasteiger partial charge is 0.413 e. The Kier molecular flexibility index (Phi) is 6.59. The number of rotatable bonds is 6. The maximum atomic E-state index is 8.69. The predicted octanol–water partition coefficient (Wildman–Crippen LogP) is 4.77. The zero-order chi connectivity index (χ0) is 15.9. The van der Waals surface area contributed by atoms with Gasteiger partial charge in [-0.1, -0.05) is 63.3 Å². The van der Waals surface area contributed by atoms with Crippen LogP contribution in [0.25, 0.3) is 6.08 Å². The lowest BCUT2D eigenvalue weighted by molar-refractivity contribution is 0.276. The first kappa shape index (κ1) is 17.9. The Bertz CT molecular complexity index is 496. The van der Waals surface area contributed by atoms with Crippen molar-refractivity contribution in [1.29, 1.82) is 0 Å². The predicted molar refractivity (Wildman–Crippen MR) is 93.7 cm³/mol. The molecule has 0 radical (unpaired) electrons. The summed E-state index contributed by atoms with van der Waals surface area (Å²) in [6.45, 7) is 12.1. The summed E-state index contributed by atoms with van der Waals surface area (Å²) < 4.78 is 6.25. The van der Waals surface area contributed by atoms with E-state index >= 15 is 0 Å². The van der Waals surface area contributed by atoms with E-state index in [2.05, 4.69) is 58.1 Å². The second-order valence-electron chi connectivity index (χ2n) is 6.76. The third kappa shape index (κ3) is 6.00. The summed E-state index contributed by atoms with van der Waals surface area (Å²) in [5.41, 5.74) is 2.35. The normalized spacial score (nSPS) is 13.4. The molecule has 0 unspecified atom stereocenters. The molecule has 0 saturated heterocycles. The highest BCUT2D eigenvalue weighted by atomic mass is 28.4. The van der Waals surface area contributed by atoms with Gasteiger partial charge in [-0.3, -0.25) is 0 Å². The fraction of sp³-hybridized carbons (Fsp3) is 0.444. The van der Waals surface area contributed by atoms with E-state index in [1.165, 1.54) is 5.56 Å². The number of hydrogen-bond donors (Lipinski definition) is 1. The molecule has 0 saturated carbocycles. The van der Waals surface area contributed by atoms with Crippen LogP contribution in [0.4, 0.5) is 0 Å². The molecule has 1 aromatic rings. The van der Waals surface area contributed by atoms with Crippen LogP contribution in [0.1, 0.15) is 31.9 Å². The van der Waals surface area contributed by atoms with E-state index in [0.717, 1.165) is 5.56 Å². The highest BCUT2D eigenvalue weighted by molar-refractivity contribution is 6.74. The molecule has 1 N–H and O–H groups in total. The highest BCUT2D eigenvalue weighted by Crippen LogP contribution is 2.37. The molecule has 0 aromatic heterocycles. The molecule has 0 aliphatic heterocycles. The maximum absolute atomic E-state index is 8.69. The van der Waals surface area contributed by atoms with Crippen LogP contribution in [0, 0.1) is 0 Å². The van der Waals surface area contributed by atoms with Crippen molar-refractivity contribution in [1.82, 2.24) is 0 Å². The molecule has 0 atom stereocenters. The average molecular weight is 305 g/mol. The average Bonchev–Trinajstić information content (AvgIpc) is 2.41. The first-order valence-corrected chi connectivity index (χ1v) is 10.3. The Morgan fingerprint density at radius 1 is 1.19 bits per heavy atom. The molecule has 1 rings (SSSR count). The lowest BCUT2D eigenvalue weighted by Crippen LogP contribution is -2.40. The van der Waals surface area contributed by atoms with Crippen LogP contribution in [0.3, 0.4) is 0 Å². The van der Waals surface area contributed by atoms with Gasteiger partial charge in [-0.2, -0.15) is 0 Å². The number of benzene rings is 1. The Balaban J connectivity index is 2.69. The van der Waals surface area contributed by atoms with Crippen molar-refractivity contribution in [3.63, 3.8) is 0 Å². The number of aliphatic hydroxyl groups excluding tert-OH is 1. The SMILES string of the molecule is CC(C)(C)[Si](C)(C)OCc1cccc(/C=C/C=C/CO)c1. The fourth-order valence-electron chi connectivity index (χ4n) is 1.57. The maximum Gasteiger partial charge on any atom is 0.192 e. The Hall–Kier alpha value is -1.16. The lowest BCUT2D eigenvalue weighted by atomic mass is 10.1. The summed E-state index contributed by atoms with van der Waals surface area (Å²) in [4.78, 5) is 0. The van der Waals surface area contributed by atoms with E-state index in [4.69, 9.17) is 9.53 Å². The first-order valence-electron chi connectivity index (χ1n) is 7.43. The molecule has 0 aliphatic carbocycles. The molecule has 3 heteroatoms. The second kappa shape index (κ2) is 7.73. The molecule has 0 fully saturated rings. The minimum atomic E-state index is -1.70. The zero-order valence-corrected chi connectivity index (χ0v) is 14.9. The topological polar surface area (TPSA) is 29.5 Å². The fourth-order valence-corrected chi connectivity index (χ4v) is 2.53. The Labute approximate surface area is 130 Å². The molecule has 0 heterocycles. The van der Waals surface area contributed by atoms with Crippen LogP contribution in [0.5, 0.6) is 0 Å². The van der Waals surface area contributed by atoms with Gasteiger partial charge < -0.3 is 9.53 Å². The summed E-state index contributed by atoms with van der Waals surface area (Å²) in [5.74, 6) is 0. The van der Waals surface area contributed by atoms with Crippen molar-refractivity contribution in [2.45, 2.75) is 45.5 Å². The highest BCUT2D eigenvalue weighted by Gasteiger charge is 2.36. The molecule has 116 valence electrons. The molecule has 21 heavy (non-hydrogen) atoms. The van der Waals surface area contributed by atoms with Crippen molar-refractivity contribution in [3.05, 3.63) is 53.6 Å². The summed E-state index contributed by atoms with van der Waals surface area (Å²) in [7, 11) is -1.70. The van der Waals surface area contributed by atoms with Gasteiger partial charge in [0, 0.05) is 0 Å². The van der Waals surface area contributed by atoms with Gasteiger partial charge in [-0.15, -0.1) is 0 Å². The van der Waals surface area contributed by atoms with Crippen molar-refractivity contribution >= 4 is 14.4 Å². The zero-order valence-electron chi connectivity index (χ0n) is 13.9. The minimum Gasteiger partial charge on any atom is -0.413 e. The Morgan fingerprint density at radius 3 is 2.52 bits per heavy atom. The van der Waals surface area contributed by atoms with Gasteiger partial charge in [0.15, 0.2) is 8.32 Å². The van der Waals surface area contributed by atoms with Crippen LogP contribution in [0.15, 0.2) is 42.5 Å². The first-order chi connectivity index (χ1) is 9.76. The van der Waals surface area contributed by atoms with Gasteiger partial charge >= 0.3 is 0 Å². The summed E-state index contributed by atoms with van der Waals surface area (Å²) in [6.07, 6.45) is 7.52. The van der Waals surface area contributed by atoms with Crippen molar-refractivity contribution in [2.24, 2.45) is 0 Å². The minimum absolute atomic E-state index is 0.0741. The van der Waals surface area contributed by atoms with E-state index in [1.807, 2.05) is 18.2 Å². The molecule has 0 spiro atoms. The molecule has 0 amide bonds. The monoisotopic (exact) mass is 304 g/mol. The van der Waals surface area contributed by atoms with E-state index in [9.17, 15) is 0 Å². The summed E-state index contributed by atoms with van der Waals surface area (Å²) in [5, 5.41) is 8.92. The molecular weight excluding hydrogens is 276 g/mol. The lowest BCUT2D eigenvalue weighted by Gasteiger charge is -2.36. The summed E-state index contributed by atoms with van der Waals surface area (Å²) in [6, 6.07) is 8.38. The smallest absolute Gasteiger partial charge is 0.192 e. The molecule has 2 nitrogen and oxygen atoms in total. The van der Waals surface area contributed by atoms with Crippen LogP contribution in [-0.4, -0.2) is 20.0 Å².